The lowest BCUT2D eigenvalue weighted by Crippen LogP contribution is -2.42. The quantitative estimate of drug-likeness (QED) is 0.872. The molecule has 2 atom stereocenters. The molecule has 1 aliphatic carbocycles. The van der Waals surface area contributed by atoms with E-state index in [2.05, 4.69) is 25.1 Å². The Morgan fingerprint density at radius 3 is 2.65 bits per heavy atom. The summed E-state index contributed by atoms with van der Waals surface area (Å²) in [5, 5.41) is 0. The van der Waals surface area contributed by atoms with E-state index < -0.39 is 5.54 Å². The van der Waals surface area contributed by atoms with Crippen LogP contribution in [0.15, 0.2) is 48.5 Å². The highest BCUT2D eigenvalue weighted by atomic mass is 19.1. The first kappa shape index (κ1) is 13.3. The maximum atomic E-state index is 13.9. The molecule has 2 aromatic rings. The van der Waals surface area contributed by atoms with Crippen LogP contribution in [0.3, 0.4) is 0 Å². The molecular formula is C18H20FN. The third kappa shape index (κ3) is 2.25. The number of hydrogen-bond acceptors (Lipinski definition) is 1. The van der Waals surface area contributed by atoms with Gasteiger partial charge in [0.05, 0.1) is 0 Å². The molecule has 0 fully saturated rings. The lowest BCUT2D eigenvalue weighted by Gasteiger charge is -2.38. The van der Waals surface area contributed by atoms with Crippen molar-refractivity contribution in [2.45, 2.75) is 37.6 Å². The van der Waals surface area contributed by atoms with Crippen molar-refractivity contribution in [2.75, 3.05) is 0 Å². The van der Waals surface area contributed by atoms with Gasteiger partial charge in [0, 0.05) is 5.54 Å². The van der Waals surface area contributed by atoms with E-state index in [1.807, 2.05) is 18.2 Å². The SMILES string of the molecule is CC1CCC(N)(Cc2ccccc2F)c2ccccc21. The van der Waals surface area contributed by atoms with Crippen LogP contribution in [-0.4, -0.2) is 0 Å². The molecule has 104 valence electrons. The summed E-state index contributed by atoms with van der Waals surface area (Å²) >= 11 is 0. The maximum absolute atomic E-state index is 13.9. The highest BCUT2D eigenvalue weighted by Crippen LogP contribution is 2.41. The lowest BCUT2D eigenvalue weighted by molar-refractivity contribution is 0.344. The van der Waals surface area contributed by atoms with Crippen LogP contribution in [-0.2, 0) is 12.0 Å². The molecule has 2 aromatic carbocycles. The molecule has 0 heterocycles. The van der Waals surface area contributed by atoms with Crippen molar-refractivity contribution in [2.24, 2.45) is 5.73 Å². The van der Waals surface area contributed by atoms with E-state index in [0.29, 0.717) is 17.9 Å². The summed E-state index contributed by atoms with van der Waals surface area (Å²) in [5.74, 6) is 0.372. The first-order valence-corrected chi connectivity index (χ1v) is 7.22. The van der Waals surface area contributed by atoms with E-state index in [0.717, 1.165) is 12.8 Å². The summed E-state index contributed by atoms with van der Waals surface area (Å²) in [5.41, 5.74) is 9.42. The number of halogens is 1. The van der Waals surface area contributed by atoms with Gasteiger partial charge in [-0.25, -0.2) is 4.39 Å². The number of hydrogen-bond donors (Lipinski definition) is 1. The van der Waals surface area contributed by atoms with Crippen molar-refractivity contribution in [3.63, 3.8) is 0 Å². The summed E-state index contributed by atoms with van der Waals surface area (Å²) in [6, 6.07) is 15.3. The van der Waals surface area contributed by atoms with E-state index in [4.69, 9.17) is 5.73 Å². The molecule has 2 heteroatoms. The van der Waals surface area contributed by atoms with Crippen LogP contribution in [0.25, 0.3) is 0 Å². The summed E-state index contributed by atoms with van der Waals surface area (Å²) in [6.07, 6.45) is 2.52. The Morgan fingerprint density at radius 2 is 1.85 bits per heavy atom. The summed E-state index contributed by atoms with van der Waals surface area (Å²) in [4.78, 5) is 0. The Bertz CT molecular complexity index is 622. The van der Waals surface area contributed by atoms with Crippen molar-refractivity contribution in [3.05, 3.63) is 71.0 Å². The number of rotatable bonds is 2. The van der Waals surface area contributed by atoms with Crippen LogP contribution in [0.5, 0.6) is 0 Å². The smallest absolute Gasteiger partial charge is 0.126 e. The van der Waals surface area contributed by atoms with Gasteiger partial charge in [-0.15, -0.1) is 0 Å². The Morgan fingerprint density at radius 1 is 1.15 bits per heavy atom. The normalized spacial score (nSPS) is 25.2. The second-order valence-corrected chi connectivity index (χ2v) is 5.95. The van der Waals surface area contributed by atoms with Gasteiger partial charge in [-0.05, 0) is 47.9 Å². The summed E-state index contributed by atoms with van der Waals surface area (Å²) in [6.45, 7) is 2.24. The van der Waals surface area contributed by atoms with E-state index in [-0.39, 0.29) is 5.82 Å². The standard InChI is InChI=1S/C18H20FN/c1-13-10-11-18(20,16-8-4-3-7-15(13)16)12-14-6-2-5-9-17(14)19/h2-9,13H,10-12,20H2,1H3. The van der Waals surface area contributed by atoms with Crippen LogP contribution in [0.1, 0.15) is 42.4 Å². The Kier molecular flexibility index (Phi) is 3.35. The predicted octanol–water partition coefficient (Wildman–Crippen LogP) is 4.12. The van der Waals surface area contributed by atoms with Crippen molar-refractivity contribution in [1.29, 1.82) is 0 Å². The van der Waals surface area contributed by atoms with E-state index in [1.54, 1.807) is 6.07 Å². The fourth-order valence-corrected chi connectivity index (χ4v) is 3.31. The largest absolute Gasteiger partial charge is 0.321 e. The van der Waals surface area contributed by atoms with Crippen LogP contribution in [0.2, 0.25) is 0 Å². The molecule has 0 aliphatic heterocycles. The van der Waals surface area contributed by atoms with Gasteiger partial charge in [-0.3, -0.25) is 0 Å². The van der Waals surface area contributed by atoms with E-state index >= 15 is 0 Å². The molecule has 0 radical (unpaired) electrons. The molecule has 2 N–H and O–H groups in total. The molecule has 20 heavy (non-hydrogen) atoms. The molecule has 0 aromatic heterocycles. The first-order valence-electron chi connectivity index (χ1n) is 7.22. The minimum Gasteiger partial charge on any atom is -0.321 e. The molecule has 0 amide bonds. The van der Waals surface area contributed by atoms with Gasteiger partial charge < -0.3 is 5.73 Å². The molecule has 0 bridgehead atoms. The summed E-state index contributed by atoms with van der Waals surface area (Å²) in [7, 11) is 0. The third-order valence-electron chi connectivity index (χ3n) is 4.52. The lowest BCUT2D eigenvalue weighted by atomic mass is 9.70. The molecule has 0 spiro atoms. The zero-order valence-electron chi connectivity index (χ0n) is 11.8. The van der Waals surface area contributed by atoms with Gasteiger partial charge in [0.15, 0.2) is 0 Å². The molecule has 3 rings (SSSR count). The molecule has 0 saturated heterocycles. The van der Waals surface area contributed by atoms with Crippen molar-refractivity contribution in [1.82, 2.24) is 0 Å². The minimum absolute atomic E-state index is 0.159. The summed E-state index contributed by atoms with van der Waals surface area (Å²) < 4.78 is 13.9. The molecule has 1 aliphatic rings. The molecule has 1 nitrogen and oxygen atoms in total. The van der Waals surface area contributed by atoms with Crippen molar-refractivity contribution < 1.29 is 4.39 Å². The van der Waals surface area contributed by atoms with Gasteiger partial charge >= 0.3 is 0 Å². The fourth-order valence-electron chi connectivity index (χ4n) is 3.31. The molecule has 0 saturated carbocycles. The van der Waals surface area contributed by atoms with Gasteiger partial charge in [0.2, 0.25) is 0 Å². The average molecular weight is 269 g/mol. The second kappa shape index (κ2) is 5.02. The Labute approximate surface area is 119 Å². The maximum Gasteiger partial charge on any atom is 0.126 e. The highest BCUT2D eigenvalue weighted by molar-refractivity contribution is 5.40. The highest BCUT2D eigenvalue weighted by Gasteiger charge is 2.35. The van der Waals surface area contributed by atoms with Gasteiger partial charge in [-0.1, -0.05) is 49.4 Å². The number of benzene rings is 2. The third-order valence-corrected chi connectivity index (χ3v) is 4.52. The first-order chi connectivity index (χ1) is 9.60. The van der Waals surface area contributed by atoms with Gasteiger partial charge in [0.25, 0.3) is 0 Å². The zero-order valence-corrected chi connectivity index (χ0v) is 11.8. The zero-order chi connectivity index (χ0) is 14.2. The Hall–Kier alpha value is -1.67. The van der Waals surface area contributed by atoms with Crippen LogP contribution >= 0.6 is 0 Å². The fraction of sp³-hybridized carbons (Fsp3) is 0.333. The minimum atomic E-state index is -0.453. The van der Waals surface area contributed by atoms with Crippen LogP contribution in [0, 0.1) is 5.82 Å². The number of fused-ring (bicyclic) bond motifs is 1. The van der Waals surface area contributed by atoms with Gasteiger partial charge in [0.1, 0.15) is 5.82 Å². The average Bonchev–Trinajstić information content (AvgIpc) is 2.46. The van der Waals surface area contributed by atoms with Crippen molar-refractivity contribution in [3.8, 4) is 0 Å². The molecular weight excluding hydrogens is 249 g/mol. The van der Waals surface area contributed by atoms with Crippen LogP contribution in [0.4, 0.5) is 4.39 Å². The van der Waals surface area contributed by atoms with Gasteiger partial charge in [-0.2, -0.15) is 0 Å². The van der Waals surface area contributed by atoms with Crippen molar-refractivity contribution >= 4 is 0 Å². The monoisotopic (exact) mass is 269 g/mol. The topological polar surface area (TPSA) is 26.0 Å². The Balaban J connectivity index is 2.01. The second-order valence-electron chi connectivity index (χ2n) is 5.95. The molecule has 2 unspecified atom stereocenters. The van der Waals surface area contributed by atoms with Crippen LogP contribution < -0.4 is 5.73 Å². The van der Waals surface area contributed by atoms with E-state index in [1.165, 1.54) is 17.2 Å². The van der Waals surface area contributed by atoms with E-state index in [9.17, 15) is 4.39 Å². The predicted molar refractivity (Wildman–Crippen MR) is 80.1 cm³/mol. The number of nitrogens with two attached hydrogens (primary N) is 1.